The van der Waals surface area contributed by atoms with Gasteiger partial charge < -0.3 is 10.6 Å². The summed E-state index contributed by atoms with van der Waals surface area (Å²) in [5.41, 5.74) is 9.05. The highest BCUT2D eigenvalue weighted by Gasteiger charge is 2.34. The van der Waals surface area contributed by atoms with E-state index >= 15 is 0 Å². The summed E-state index contributed by atoms with van der Waals surface area (Å²) in [6.07, 6.45) is -2.14. The standard InChI is InChI=1S/C12H16F2N6O3/c13-9(14)5-16-20-11(21)10-7-6-18(12(15)22)2-1-8(7)17-19(10)3-4-23-20/h9,16H,1-6H2,(H2,15,22). The van der Waals surface area contributed by atoms with Gasteiger partial charge in [0.05, 0.1) is 31.9 Å². The minimum absolute atomic E-state index is 0.106. The molecule has 9 nitrogen and oxygen atoms in total. The second kappa shape index (κ2) is 6.08. The Labute approximate surface area is 129 Å². The summed E-state index contributed by atoms with van der Waals surface area (Å²) >= 11 is 0. The smallest absolute Gasteiger partial charge is 0.315 e. The van der Waals surface area contributed by atoms with Crippen LogP contribution >= 0.6 is 0 Å². The van der Waals surface area contributed by atoms with Crippen LogP contribution < -0.4 is 11.2 Å². The van der Waals surface area contributed by atoms with E-state index in [-0.39, 0.29) is 18.8 Å². The molecule has 0 saturated heterocycles. The Morgan fingerprint density at radius 3 is 2.91 bits per heavy atom. The van der Waals surface area contributed by atoms with E-state index in [1.807, 2.05) is 0 Å². The monoisotopic (exact) mass is 330 g/mol. The number of hydrogen-bond acceptors (Lipinski definition) is 5. The van der Waals surface area contributed by atoms with E-state index < -0.39 is 24.9 Å². The normalized spacial score (nSPS) is 18.0. The molecule has 0 atom stereocenters. The predicted octanol–water partition coefficient (Wildman–Crippen LogP) is -0.523. The van der Waals surface area contributed by atoms with Crippen molar-refractivity contribution in [1.29, 1.82) is 0 Å². The van der Waals surface area contributed by atoms with Crippen LogP contribution in [-0.4, -0.2) is 57.9 Å². The highest BCUT2D eigenvalue weighted by atomic mass is 19.3. The average molecular weight is 330 g/mol. The first kappa shape index (κ1) is 15.6. The molecule has 0 saturated carbocycles. The van der Waals surface area contributed by atoms with Crippen molar-refractivity contribution in [3.63, 3.8) is 0 Å². The first-order chi connectivity index (χ1) is 11.0. The Hall–Kier alpha value is -2.27. The lowest BCUT2D eigenvalue weighted by molar-refractivity contribution is -0.160. The molecule has 3 N–H and O–H groups in total. The molecule has 2 aliphatic rings. The Balaban J connectivity index is 1.89. The molecular formula is C12H16F2N6O3. The number of nitrogens with two attached hydrogens (primary N) is 1. The number of urea groups is 1. The minimum Gasteiger partial charge on any atom is -0.351 e. The summed E-state index contributed by atoms with van der Waals surface area (Å²) in [7, 11) is 0. The van der Waals surface area contributed by atoms with Crippen molar-refractivity contribution < 1.29 is 23.2 Å². The number of hydrogen-bond donors (Lipinski definition) is 2. The number of fused-ring (bicyclic) bond motifs is 3. The number of rotatable bonds is 3. The largest absolute Gasteiger partial charge is 0.351 e. The number of carbonyl (C=O) groups excluding carboxylic acids is 2. The Kier molecular flexibility index (Phi) is 4.13. The van der Waals surface area contributed by atoms with Crippen molar-refractivity contribution in [2.75, 3.05) is 19.7 Å². The first-order valence-electron chi connectivity index (χ1n) is 7.09. The van der Waals surface area contributed by atoms with Crippen molar-refractivity contribution in [2.45, 2.75) is 25.9 Å². The first-order valence-corrected chi connectivity index (χ1v) is 7.09. The molecule has 1 aromatic rings. The third kappa shape index (κ3) is 2.97. The molecule has 0 aliphatic carbocycles. The fourth-order valence-electron chi connectivity index (χ4n) is 2.66. The quantitative estimate of drug-likeness (QED) is 0.775. The zero-order valence-corrected chi connectivity index (χ0v) is 12.2. The summed E-state index contributed by atoms with van der Waals surface area (Å²) in [6.45, 7) is 0.285. The number of aromatic nitrogens is 2. The number of carbonyl (C=O) groups is 2. The van der Waals surface area contributed by atoms with E-state index in [1.54, 1.807) is 0 Å². The van der Waals surface area contributed by atoms with E-state index in [0.29, 0.717) is 35.9 Å². The molecule has 11 heteroatoms. The van der Waals surface area contributed by atoms with Crippen molar-refractivity contribution in [3.05, 3.63) is 17.0 Å². The minimum atomic E-state index is -2.63. The van der Waals surface area contributed by atoms with Crippen LogP contribution in [0.5, 0.6) is 0 Å². The Bertz CT molecular complexity index is 635. The van der Waals surface area contributed by atoms with Gasteiger partial charge >= 0.3 is 11.9 Å². The molecule has 3 heterocycles. The number of primary amides is 1. The van der Waals surface area contributed by atoms with E-state index in [9.17, 15) is 18.4 Å². The molecule has 2 aliphatic heterocycles. The van der Waals surface area contributed by atoms with Crippen molar-refractivity contribution in [3.8, 4) is 0 Å². The lowest BCUT2D eigenvalue weighted by atomic mass is 10.1. The molecule has 23 heavy (non-hydrogen) atoms. The van der Waals surface area contributed by atoms with Gasteiger partial charge in [-0.25, -0.2) is 19.0 Å². The maximum absolute atomic E-state index is 12.6. The highest BCUT2D eigenvalue weighted by molar-refractivity contribution is 5.93. The van der Waals surface area contributed by atoms with Gasteiger partial charge in [-0.1, -0.05) is 0 Å². The van der Waals surface area contributed by atoms with Crippen LogP contribution in [0.25, 0.3) is 0 Å². The van der Waals surface area contributed by atoms with Gasteiger partial charge in [0.25, 0.3) is 6.43 Å². The number of halogens is 2. The zero-order valence-electron chi connectivity index (χ0n) is 12.2. The summed E-state index contributed by atoms with van der Waals surface area (Å²) in [5.74, 6) is -0.622. The van der Waals surface area contributed by atoms with Gasteiger partial charge in [-0.05, 0) is 0 Å². The van der Waals surface area contributed by atoms with E-state index in [4.69, 9.17) is 10.6 Å². The van der Waals surface area contributed by atoms with Crippen LogP contribution in [-0.2, 0) is 24.3 Å². The van der Waals surface area contributed by atoms with Crippen LogP contribution in [0, 0.1) is 0 Å². The number of hydroxylamine groups is 1. The van der Waals surface area contributed by atoms with E-state index in [1.165, 1.54) is 9.58 Å². The summed E-state index contributed by atoms with van der Waals surface area (Å²) in [5, 5.41) is 5.06. The van der Waals surface area contributed by atoms with Crippen molar-refractivity contribution in [1.82, 2.24) is 25.3 Å². The Morgan fingerprint density at radius 1 is 1.43 bits per heavy atom. The van der Waals surface area contributed by atoms with E-state index in [0.717, 1.165) is 0 Å². The number of alkyl halides is 2. The van der Waals surface area contributed by atoms with Gasteiger partial charge in [-0.15, -0.1) is 5.17 Å². The van der Waals surface area contributed by atoms with Crippen LogP contribution in [0.4, 0.5) is 13.6 Å². The Morgan fingerprint density at radius 2 is 2.22 bits per heavy atom. The van der Waals surface area contributed by atoms with Gasteiger partial charge in [0.15, 0.2) is 0 Å². The molecule has 0 radical (unpaired) electrons. The maximum Gasteiger partial charge on any atom is 0.315 e. The molecule has 3 rings (SSSR count). The van der Waals surface area contributed by atoms with Gasteiger partial charge in [-0.3, -0.25) is 14.3 Å². The number of nitrogens with zero attached hydrogens (tertiary/aromatic N) is 4. The second-order valence-corrected chi connectivity index (χ2v) is 5.19. The van der Waals surface area contributed by atoms with Gasteiger partial charge in [0.1, 0.15) is 5.69 Å². The molecule has 0 unspecified atom stereocenters. The fourth-order valence-corrected chi connectivity index (χ4v) is 2.66. The summed E-state index contributed by atoms with van der Waals surface area (Å²) < 4.78 is 26.2. The highest BCUT2D eigenvalue weighted by Crippen LogP contribution is 2.24. The number of hydrazine groups is 1. The van der Waals surface area contributed by atoms with Crippen LogP contribution in [0.3, 0.4) is 0 Å². The molecule has 126 valence electrons. The number of nitrogens with one attached hydrogen (secondary N) is 1. The SMILES string of the molecule is NC(=O)N1CCc2nn3c(c2C1)C(=O)N(NCC(F)F)OCC3. The lowest BCUT2D eigenvalue weighted by Crippen LogP contribution is -2.45. The van der Waals surface area contributed by atoms with Crippen molar-refractivity contribution >= 4 is 11.9 Å². The van der Waals surface area contributed by atoms with Crippen LogP contribution in [0.15, 0.2) is 0 Å². The number of amides is 3. The molecular weight excluding hydrogens is 314 g/mol. The summed E-state index contributed by atoms with van der Waals surface area (Å²) in [6, 6.07) is -0.583. The molecule has 0 spiro atoms. The third-order valence-corrected chi connectivity index (χ3v) is 3.71. The molecule has 0 fully saturated rings. The topological polar surface area (TPSA) is 106 Å². The van der Waals surface area contributed by atoms with Gasteiger partial charge in [0, 0.05) is 18.5 Å². The van der Waals surface area contributed by atoms with E-state index in [2.05, 4.69) is 10.5 Å². The van der Waals surface area contributed by atoms with Gasteiger partial charge in [0.2, 0.25) is 0 Å². The zero-order chi connectivity index (χ0) is 16.6. The molecule has 1 aromatic heterocycles. The van der Waals surface area contributed by atoms with Crippen LogP contribution in [0.2, 0.25) is 0 Å². The van der Waals surface area contributed by atoms with Gasteiger partial charge in [-0.2, -0.15) is 5.10 Å². The summed E-state index contributed by atoms with van der Waals surface area (Å²) in [4.78, 5) is 30.5. The maximum atomic E-state index is 12.6. The third-order valence-electron chi connectivity index (χ3n) is 3.71. The molecule has 0 bridgehead atoms. The second-order valence-electron chi connectivity index (χ2n) is 5.19. The van der Waals surface area contributed by atoms with Crippen molar-refractivity contribution in [2.24, 2.45) is 5.73 Å². The predicted molar refractivity (Wildman–Crippen MR) is 72.1 cm³/mol. The fraction of sp³-hybridized carbons (Fsp3) is 0.583. The lowest BCUT2D eigenvalue weighted by Gasteiger charge is -2.25. The molecule has 3 amide bonds. The molecule has 0 aromatic carbocycles. The average Bonchev–Trinajstić information content (AvgIpc) is 2.79. The van der Waals surface area contributed by atoms with Crippen LogP contribution in [0.1, 0.15) is 21.7 Å².